The summed E-state index contributed by atoms with van der Waals surface area (Å²) in [6, 6.07) is 10.9. The Labute approximate surface area is 214 Å². The minimum atomic E-state index is -1.16. The van der Waals surface area contributed by atoms with E-state index in [2.05, 4.69) is 5.32 Å². The van der Waals surface area contributed by atoms with Gasteiger partial charge in [0.25, 0.3) is 0 Å². The molecule has 1 fully saturated rings. The van der Waals surface area contributed by atoms with Gasteiger partial charge in [-0.3, -0.25) is 9.59 Å². The molecule has 35 heavy (non-hydrogen) atoms. The standard InChI is InChI=1S/C26H29Cl2NO6/c1-25(2)18(11-12-26(25,3)24(33)34)22(30)29-21(23(31)32)13-15-7-9-16(10-8-15)35-14-17-19(27)5-4-6-20(17)28/h4-10,18,21H,11-14H2,1-3H3,(H,29,30)(H,31,32)(H,33,34)/t18?,21-,26?/m0/s1. The monoisotopic (exact) mass is 521 g/mol. The maximum Gasteiger partial charge on any atom is 0.326 e. The summed E-state index contributed by atoms with van der Waals surface area (Å²) in [6.07, 6.45) is 0.808. The van der Waals surface area contributed by atoms with Crippen molar-refractivity contribution in [3.63, 3.8) is 0 Å². The summed E-state index contributed by atoms with van der Waals surface area (Å²) in [7, 11) is 0. The zero-order chi connectivity index (χ0) is 26.0. The molecule has 7 nitrogen and oxygen atoms in total. The predicted molar refractivity (Wildman–Crippen MR) is 133 cm³/mol. The molecule has 0 saturated heterocycles. The first-order valence-electron chi connectivity index (χ1n) is 11.3. The Balaban J connectivity index is 1.64. The predicted octanol–water partition coefficient (Wildman–Crippen LogP) is 5.21. The van der Waals surface area contributed by atoms with Crippen LogP contribution in [0.1, 0.15) is 44.7 Å². The van der Waals surface area contributed by atoms with Gasteiger partial charge in [0.15, 0.2) is 0 Å². The lowest BCUT2D eigenvalue weighted by atomic mass is 9.65. The number of nitrogens with one attached hydrogen (secondary N) is 1. The molecule has 0 aliphatic heterocycles. The molecule has 1 saturated carbocycles. The summed E-state index contributed by atoms with van der Waals surface area (Å²) in [5.74, 6) is -2.60. The van der Waals surface area contributed by atoms with Crippen LogP contribution in [0.15, 0.2) is 42.5 Å². The third-order valence-corrected chi connectivity index (χ3v) is 8.15. The van der Waals surface area contributed by atoms with Gasteiger partial charge in [0.1, 0.15) is 18.4 Å². The lowest BCUT2D eigenvalue weighted by Crippen LogP contribution is -2.49. The van der Waals surface area contributed by atoms with Crippen molar-refractivity contribution >= 4 is 41.0 Å². The lowest BCUT2D eigenvalue weighted by molar-refractivity contribution is -0.155. The molecule has 3 atom stereocenters. The van der Waals surface area contributed by atoms with Gasteiger partial charge in [0.05, 0.1) is 5.41 Å². The second-order valence-corrected chi connectivity index (χ2v) is 10.5. The molecule has 0 bridgehead atoms. The topological polar surface area (TPSA) is 113 Å². The average molecular weight is 522 g/mol. The van der Waals surface area contributed by atoms with Crippen LogP contribution in [0.3, 0.4) is 0 Å². The highest BCUT2D eigenvalue weighted by Crippen LogP contribution is 2.56. The van der Waals surface area contributed by atoms with Crippen molar-refractivity contribution < 1.29 is 29.3 Å². The van der Waals surface area contributed by atoms with E-state index >= 15 is 0 Å². The third-order valence-electron chi connectivity index (χ3n) is 7.44. The van der Waals surface area contributed by atoms with E-state index in [9.17, 15) is 24.6 Å². The third kappa shape index (κ3) is 5.57. The summed E-state index contributed by atoms with van der Waals surface area (Å²) in [4.78, 5) is 36.7. The fraction of sp³-hybridized carbons (Fsp3) is 0.423. The number of benzene rings is 2. The quantitative estimate of drug-likeness (QED) is 0.417. The maximum absolute atomic E-state index is 13.0. The normalized spacial score (nSPS) is 21.8. The molecule has 0 spiro atoms. The molecular formula is C26H29Cl2NO6. The molecule has 1 aliphatic rings. The van der Waals surface area contributed by atoms with Crippen LogP contribution in [0.25, 0.3) is 0 Å². The molecule has 3 rings (SSSR count). The van der Waals surface area contributed by atoms with Gasteiger partial charge < -0.3 is 20.3 Å². The number of carboxylic acid groups (broad SMARTS) is 2. The summed E-state index contributed by atoms with van der Waals surface area (Å²) >= 11 is 12.3. The van der Waals surface area contributed by atoms with Crippen molar-refractivity contribution in [2.45, 2.75) is 52.7 Å². The van der Waals surface area contributed by atoms with Crippen LogP contribution >= 0.6 is 23.2 Å². The number of amides is 1. The van der Waals surface area contributed by atoms with Crippen LogP contribution in [0.2, 0.25) is 10.0 Å². The van der Waals surface area contributed by atoms with Gasteiger partial charge in [-0.15, -0.1) is 0 Å². The first-order chi connectivity index (χ1) is 16.4. The van der Waals surface area contributed by atoms with Crippen LogP contribution in [0.4, 0.5) is 0 Å². The second kappa shape index (κ2) is 10.5. The van der Waals surface area contributed by atoms with E-state index < -0.39 is 40.6 Å². The van der Waals surface area contributed by atoms with Gasteiger partial charge >= 0.3 is 11.9 Å². The Morgan fingerprint density at radius 1 is 1.06 bits per heavy atom. The van der Waals surface area contributed by atoms with Crippen LogP contribution < -0.4 is 10.1 Å². The van der Waals surface area contributed by atoms with Gasteiger partial charge in [-0.25, -0.2) is 4.79 Å². The number of hydrogen-bond acceptors (Lipinski definition) is 4. The van der Waals surface area contributed by atoms with Gasteiger partial charge in [0, 0.05) is 27.9 Å². The molecule has 188 valence electrons. The van der Waals surface area contributed by atoms with Gasteiger partial charge in [-0.05, 0) is 55.0 Å². The summed E-state index contributed by atoms with van der Waals surface area (Å²) in [5.41, 5.74) is -0.517. The number of ether oxygens (including phenoxy) is 1. The van der Waals surface area contributed by atoms with E-state index in [1.54, 1.807) is 63.2 Å². The molecule has 1 amide bonds. The number of carbonyl (C=O) groups is 3. The number of carbonyl (C=O) groups excluding carboxylic acids is 1. The van der Waals surface area contributed by atoms with Crippen molar-refractivity contribution in [2.75, 3.05) is 0 Å². The summed E-state index contributed by atoms with van der Waals surface area (Å²) in [6.45, 7) is 5.32. The highest BCUT2D eigenvalue weighted by molar-refractivity contribution is 6.35. The van der Waals surface area contributed by atoms with Gasteiger partial charge in [-0.1, -0.05) is 55.2 Å². The smallest absolute Gasteiger partial charge is 0.326 e. The van der Waals surface area contributed by atoms with E-state index in [4.69, 9.17) is 27.9 Å². The molecule has 3 N–H and O–H groups in total. The molecule has 2 aromatic rings. The van der Waals surface area contributed by atoms with Crippen molar-refractivity contribution in [3.05, 3.63) is 63.6 Å². The zero-order valence-electron chi connectivity index (χ0n) is 19.8. The summed E-state index contributed by atoms with van der Waals surface area (Å²) < 4.78 is 5.75. The fourth-order valence-corrected chi connectivity index (χ4v) is 5.10. The second-order valence-electron chi connectivity index (χ2n) is 9.69. The molecule has 0 aromatic heterocycles. The van der Waals surface area contributed by atoms with Crippen LogP contribution in [-0.4, -0.2) is 34.1 Å². The Morgan fingerprint density at radius 2 is 1.66 bits per heavy atom. The Bertz CT molecular complexity index is 1100. The average Bonchev–Trinajstić information content (AvgIpc) is 3.03. The highest BCUT2D eigenvalue weighted by Gasteiger charge is 2.58. The largest absolute Gasteiger partial charge is 0.489 e. The van der Waals surface area contributed by atoms with Crippen molar-refractivity contribution in [2.24, 2.45) is 16.7 Å². The van der Waals surface area contributed by atoms with Crippen molar-refractivity contribution in [3.8, 4) is 5.75 Å². The van der Waals surface area contributed by atoms with Crippen molar-refractivity contribution in [1.29, 1.82) is 0 Å². The first kappa shape index (κ1) is 26.8. The Morgan fingerprint density at radius 3 is 2.17 bits per heavy atom. The van der Waals surface area contributed by atoms with Crippen LogP contribution in [-0.2, 0) is 27.4 Å². The number of hydrogen-bond donors (Lipinski definition) is 3. The SMILES string of the molecule is CC1(C(=O)O)CCC(C(=O)N[C@@H](Cc2ccc(OCc3c(Cl)cccc3Cl)cc2)C(=O)O)C1(C)C. The molecule has 0 radical (unpaired) electrons. The van der Waals surface area contributed by atoms with E-state index in [0.29, 0.717) is 39.8 Å². The molecule has 0 heterocycles. The number of rotatable bonds is 9. The Kier molecular flexibility index (Phi) is 8.02. The molecule has 2 unspecified atom stereocenters. The Hall–Kier alpha value is -2.77. The van der Waals surface area contributed by atoms with Crippen LogP contribution in [0, 0.1) is 16.7 Å². The van der Waals surface area contributed by atoms with E-state index in [-0.39, 0.29) is 13.0 Å². The number of carboxylic acids is 2. The first-order valence-corrected chi connectivity index (χ1v) is 12.0. The number of aliphatic carboxylic acids is 2. The molecule has 1 aliphatic carbocycles. The lowest BCUT2D eigenvalue weighted by Gasteiger charge is -2.38. The van der Waals surface area contributed by atoms with Gasteiger partial charge in [-0.2, -0.15) is 0 Å². The van der Waals surface area contributed by atoms with Crippen LogP contribution in [0.5, 0.6) is 5.75 Å². The zero-order valence-corrected chi connectivity index (χ0v) is 21.3. The molecular weight excluding hydrogens is 493 g/mol. The molecule has 2 aromatic carbocycles. The summed E-state index contributed by atoms with van der Waals surface area (Å²) in [5, 5.41) is 23.0. The van der Waals surface area contributed by atoms with E-state index in [1.807, 2.05) is 0 Å². The van der Waals surface area contributed by atoms with Gasteiger partial charge in [0.2, 0.25) is 5.91 Å². The van der Waals surface area contributed by atoms with E-state index in [1.165, 1.54) is 0 Å². The fourth-order valence-electron chi connectivity index (χ4n) is 4.60. The minimum absolute atomic E-state index is 0.0705. The minimum Gasteiger partial charge on any atom is -0.489 e. The number of halogens is 2. The maximum atomic E-state index is 13.0. The van der Waals surface area contributed by atoms with E-state index in [0.717, 1.165) is 0 Å². The molecule has 9 heteroatoms. The highest BCUT2D eigenvalue weighted by atomic mass is 35.5. The van der Waals surface area contributed by atoms with Crippen molar-refractivity contribution in [1.82, 2.24) is 5.32 Å².